The van der Waals surface area contributed by atoms with Gasteiger partial charge in [0.25, 0.3) is 5.56 Å². The number of hydrogen-bond donors (Lipinski definition) is 3. The van der Waals surface area contributed by atoms with Crippen LogP contribution in [-0.2, 0) is 9.59 Å². The summed E-state index contributed by atoms with van der Waals surface area (Å²) in [5, 5.41) is 29.6. The molecule has 0 unspecified atom stereocenters. The van der Waals surface area contributed by atoms with Gasteiger partial charge in [-0.2, -0.15) is 4.68 Å². The number of phenols is 1. The quantitative estimate of drug-likeness (QED) is 0.576. The number of fused-ring (bicyclic) bond motifs is 1. The third kappa shape index (κ3) is 4.08. The summed E-state index contributed by atoms with van der Waals surface area (Å²) in [6.07, 6.45) is 0. The molecule has 3 aromatic rings. The van der Waals surface area contributed by atoms with E-state index in [-0.39, 0.29) is 17.2 Å². The number of nitrogens with zero attached hydrogens (tertiary/aromatic N) is 3. The summed E-state index contributed by atoms with van der Waals surface area (Å²) in [5.41, 5.74) is 0.202. The first-order valence-corrected chi connectivity index (χ1v) is 8.96. The highest BCUT2D eigenvalue weighted by Gasteiger charge is 2.31. The maximum atomic E-state index is 13.0. The van der Waals surface area contributed by atoms with Gasteiger partial charge in [-0.25, -0.2) is 4.79 Å². The lowest BCUT2D eigenvalue weighted by Gasteiger charge is -2.23. The van der Waals surface area contributed by atoms with Gasteiger partial charge >= 0.3 is 5.97 Å². The Labute approximate surface area is 165 Å². The van der Waals surface area contributed by atoms with Gasteiger partial charge in [0.2, 0.25) is 5.91 Å². The van der Waals surface area contributed by atoms with Crippen molar-refractivity contribution in [2.24, 2.45) is 5.92 Å². The second-order valence-corrected chi connectivity index (χ2v) is 6.92. The first-order valence-electron chi connectivity index (χ1n) is 8.96. The van der Waals surface area contributed by atoms with Gasteiger partial charge in [-0.05, 0) is 35.7 Å². The lowest BCUT2D eigenvalue weighted by molar-refractivity contribution is -0.143. The summed E-state index contributed by atoms with van der Waals surface area (Å²) in [6.45, 7) is 3.45. The second-order valence-electron chi connectivity index (χ2n) is 6.92. The molecule has 0 saturated heterocycles. The Kier molecular flexibility index (Phi) is 5.58. The van der Waals surface area contributed by atoms with E-state index in [0.717, 1.165) is 4.68 Å². The molecule has 0 aliphatic carbocycles. The Morgan fingerprint density at radius 2 is 1.72 bits per heavy atom. The molecular weight excluding hydrogens is 376 g/mol. The number of carbonyl (C=O) groups excluding carboxylic acids is 1. The molecule has 2 atom stereocenters. The van der Waals surface area contributed by atoms with Crippen LogP contribution in [-0.4, -0.2) is 37.1 Å². The first-order chi connectivity index (χ1) is 13.8. The van der Waals surface area contributed by atoms with Crippen LogP contribution in [0, 0.1) is 5.92 Å². The topological polar surface area (TPSA) is 134 Å². The number of benzene rings is 2. The number of carbonyl (C=O) groups is 2. The number of amides is 1. The van der Waals surface area contributed by atoms with Crippen LogP contribution in [0.3, 0.4) is 0 Å². The largest absolute Gasteiger partial charge is 0.508 e. The Bertz CT molecular complexity index is 1110. The first kappa shape index (κ1) is 20.0. The van der Waals surface area contributed by atoms with Crippen LogP contribution in [0.5, 0.6) is 5.75 Å². The van der Waals surface area contributed by atoms with Gasteiger partial charge in [0.15, 0.2) is 6.04 Å². The summed E-state index contributed by atoms with van der Waals surface area (Å²) in [6, 6.07) is 9.70. The smallest absolute Gasteiger partial charge is 0.330 e. The summed E-state index contributed by atoms with van der Waals surface area (Å²) in [7, 11) is 0. The average Bonchev–Trinajstić information content (AvgIpc) is 2.68. The summed E-state index contributed by atoms with van der Waals surface area (Å²) >= 11 is 0. The summed E-state index contributed by atoms with van der Waals surface area (Å²) < 4.78 is 0.984. The normalized spacial score (nSPS) is 13.2. The van der Waals surface area contributed by atoms with Crippen molar-refractivity contribution in [3.05, 3.63) is 64.4 Å². The van der Waals surface area contributed by atoms with Crippen molar-refractivity contribution in [2.45, 2.75) is 25.9 Å². The van der Waals surface area contributed by atoms with Crippen molar-refractivity contribution < 1.29 is 19.8 Å². The van der Waals surface area contributed by atoms with Crippen LogP contribution in [0.1, 0.15) is 31.5 Å². The van der Waals surface area contributed by atoms with E-state index >= 15 is 0 Å². The number of hydrogen-bond acceptors (Lipinski definition) is 6. The van der Waals surface area contributed by atoms with Gasteiger partial charge < -0.3 is 15.5 Å². The standard InChI is InChI=1S/C20H20N4O5/c1-11(2)17(24-19(27)14-5-3-4-6-15(14)22-23-24)18(26)21-16(20(28)29)12-7-9-13(25)10-8-12/h3-11,16-17,25H,1-2H3,(H,21,26)(H,28,29)/t16-,17+/m1/s1. The molecule has 0 saturated carbocycles. The van der Waals surface area contributed by atoms with Crippen LogP contribution in [0.2, 0.25) is 0 Å². The average molecular weight is 396 g/mol. The predicted molar refractivity (Wildman–Crippen MR) is 104 cm³/mol. The lowest BCUT2D eigenvalue weighted by Crippen LogP contribution is -2.44. The van der Waals surface area contributed by atoms with Gasteiger partial charge in [0, 0.05) is 0 Å². The zero-order valence-corrected chi connectivity index (χ0v) is 15.8. The number of carboxylic acids is 1. The molecule has 29 heavy (non-hydrogen) atoms. The molecule has 3 N–H and O–H groups in total. The molecular formula is C20H20N4O5. The van der Waals surface area contributed by atoms with E-state index in [9.17, 15) is 24.6 Å². The molecule has 2 aromatic carbocycles. The number of aromatic hydroxyl groups is 1. The number of aromatic nitrogens is 3. The molecule has 9 heteroatoms. The van der Waals surface area contributed by atoms with Crippen LogP contribution in [0.25, 0.3) is 10.9 Å². The monoisotopic (exact) mass is 396 g/mol. The van der Waals surface area contributed by atoms with Crippen LogP contribution < -0.4 is 10.9 Å². The van der Waals surface area contributed by atoms with Crippen molar-refractivity contribution in [3.8, 4) is 5.75 Å². The van der Waals surface area contributed by atoms with E-state index in [4.69, 9.17) is 0 Å². The maximum absolute atomic E-state index is 13.0. The predicted octanol–water partition coefficient (Wildman–Crippen LogP) is 1.64. The molecule has 0 fully saturated rings. The fourth-order valence-electron chi connectivity index (χ4n) is 3.06. The van der Waals surface area contributed by atoms with Crippen molar-refractivity contribution in [3.63, 3.8) is 0 Å². The zero-order valence-electron chi connectivity index (χ0n) is 15.8. The third-order valence-electron chi connectivity index (χ3n) is 4.51. The van der Waals surface area contributed by atoms with E-state index in [1.165, 1.54) is 24.3 Å². The number of carboxylic acid groups (broad SMARTS) is 1. The molecule has 0 aliphatic heterocycles. The minimum absolute atomic E-state index is 0.0257. The van der Waals surface area contributed by atoms with Gasteiger partial charge in [-0.1, -0.05) is 43.3 Å². The molecule has 9 nitrogen and oxygen atoms in total. The molecule has 0 bridgehead atoms. The Morgan fingerprint density at radius 1 is 1.07 bits per heavy atom. The Morgan fingerprint density at radius 3 is 2.34 bits per heavy atom. The van der Waals surface area contributed by atoms with Crippen molar-refractivity contribution in [1.29, 1.82) is 0 Å². The molecule has 3 rings (SSSR count). The molecule has 1 heterocycles. The Hall–Kier alpha value is -3.75. The zero-order chi connectivity index (χ0) is 21.1. The van der Waals surface area contributed by atoms with E-state index in [1.54, 1.807) is 38.1 Å². The highest BCUT2D eigenvalue weighted by Crippen LogP contribution is 2.21. The fraction of sp³-hybridized carbons (Fsp3) is 0.250. The summed E-state index contributed by atoms with van der Waals surface area (Å²) in [4.78, 5) is 37.5. The van der Waals surface area contributed by atoms with Crippen LogP contribution >= 0.6 is 0 Å². The van der Waals surface area contributed by atoms with Crippen LogP contribution in [0.4, 0.5) is 0 Å². The minimum Gasteiger partial charge on any atom is -0.508 e. The van der Waals surface area contributed by atoms with Crippen molar-refractivity contribution in [1.82, 2.24) is 20.3 Å². The van der Waals surface area contributed by atoms with E-state index in [1.807, 2.05) is 0 Å². The highest BCUT2D eigenvalue weighted by atomic mass is 16.4. The maximum Gasteiger partial charge on any atom is 0.330 e. The minimum atomic E-state index is -1.35. The van der Waals surface area contributed by atoms with Gasteiger partial charge in [-0.15, -0.1) is 5.10 Å². The van der Waals surface area contributed by atoms with Gasteiger partial charge in [0.05, 0.1) is 5.39 Å². The summed E-state index contributed by atoms with van der Waals surface area (Å²) in [5.74, 6) is -2.34. The van der Waals surface area contributed by atoms with E-state index in [0.29, 0.717) is 10.9 Å². The number of phenolic OH excluding ortho intramolecular Hbond substituents is 1. The lowest BCUT2D eigenvalue weighted by atomic mass is 10.0. The van der Waals surface area contributed by atoms with E-state index in [2.05, 4.69) is 15.6 Å². The van der Waals surface area contributed by atoms with E-state index < -0.39 is 29.5 Å². The second kappa shape index (κ2) is 8.09. The number of aliphatic carboxylic acids is 1. The van der Waals surface area contributed by atoms with Crippen LogP contribution in [0.15, 0.2) is 53.3 Å². The van der Waals surface area contributed by atoms with Crippen molar-refractivity contribution in [2.75, 3.05) is 0 Å². The van der Waals surface area contributed by atoms with Gasteiger partial charge in [0.1, 0.15) is 17.3 Å². The molecule has 1 amide bonds. The third-order valence-corrected chi connectivity index (χ3v) is 4.51. The molecule has 0 aliphatic rings. The fourth-order valence-corrected chi connectivity index (χ4v) is 3.06. The molecule has 0 radical (unpaired) electrons. The molecule has 150 valence electrons. The highest BCUT2D eigenvalue weighted by molar-refractivity contribution is 5.87. The number of rotatable bonds is 6. The van der Waals surface area contributed by atoms with Crippen molar-refractivity contribution >= 4 is 22.8 Å². The number of nitrogens with one attached hydrogen (secondary N) is 1. The molecule has 0 spiro atoms. The Balaban J connectivity index is 1.98. The molecule has 1 aromatic heterocycles. The van der Waals surface area contributed by atoms with Gasteiger partial charge in [-0.3, -0.25) is 9.59 Å². The SMILES string of the molecule is CC(C)[C@@H](C(=O)N[C@@H](C(=O)O)c1ccc(O)cc1)n1nnc2ccccc2c1=O.